The fraction of sp³-hybridized carbons (Fsp3) is 0.182. The number of carbonyl (C=O) groups is 2. The van der Waals surface area contributed by atoms with Crippen molar-refractivity contribution in [1.82, 2.24) is 10.3 Å². The summed E-state index contributed by atoms with van der Waals surface area (Å²) in [4.78, 5) is 35.7. The smallest absolute Gasteiger partial charge is 0.326 e. The molecular formula is C11H12N2O4. The minimum Gasteiger partial charge on any atom is -0.480 e. The van der Waals surface area contributed by atoms with Crippen LogP contribution in [0.2, 0.25) is 0 Å². The van der Waals surface area contributed by atoms with E-state index in [0.717, 1.165) is 6.07 Å². The first-order valence-electron chi connectivity index (χ1n) is 4.88. The molecule has 17 heavy (non-hydrogen) atoms. The molecule has 0 radical (unpaired) electrons. The fourth-order valence-corrected chi connectivity index (χ4v) is 1.22. The van der Waals surface area contributed by atoms with E-state index < -0.39 is 23.5 Å². The number of carboxylic acids is 1. The molecule has 6 nitrogen and oxygen atoms in total. The number of hydrogen-bond acceptors (Lipinski definition) is 3. The van der Waals surface area contributed by atoms with Crippen molar-refractivity contribution in [1.29, 1.82) is 0 Å². The van der Waals surface area contributed by atoms with Gasteiger partial charge in [-0.1, -0.05) is 6.08 Å². The van der Waals surface area contributed by atoms with E-state index in [-0.39, 0.29) is 12.0 Å². The molecule has 1 unspecified atom stereocenters. The number of hydrogen-bond donors (Lipinski definition) is 3. The summed E-state index contributed by atoms with van der Waals surface area (Å²) in [5, 5.41) is 11.1. The normalized spacial score (nSPS) is 11.5. The Bertz CT molecular complexity index is 492. The lowest BCUT2D eigenvalue weighted by atomic mass is 10.2. The summed E-state index contributed by atoms with van der Waals surface area (Å²) in [6.07, 6.45) is 2.83. The summed E-state index contributed by atoms with van der Waals surface area (Å²) < 4.78 is 0. The Hall–Kier alpha value is -2.37. The van der Waals surface area contributed by atoms with Gasteiger partial charge in [0.05, 0.1) is 0 Å². The van der Waals surface area contributed by atoms with Gasteiger partial charge in [-0.25, -0.2) is 4.79 Å². The van der Waals surface area contributed by atoms with E-state index in [0.29, 0.717) is 0 Å². The minimum absolute atomic E-state index is 0.115. The van der Waals surface area contributed by atoms with Gasteiger partial charge >= 0.3 is 5.97 Å². The molecule has 1 heterocycles. The molecule has 0 saturated heterocycles. The van der Waals surface area contributed by atoms with Crippen LogP contribution in [-0.2, 0) is 4.79 Å². The monoisotopic (exact) mass is 236 g/mol. The second-order valence-electron chi connectivity index (χ2n) is 3.33. The molecule has 1 aromatic heterocycles. The topological polar surface area (TPSA) is 99.3 Å². The average molecular weight is 236 g/mol. The lowest BCUT2D eigenvalue weighted by molar-refractivity contribution is -0.139. The molecule has 0 aromatic carbocycles. The predicted octanol–water partition coefficient (Wildman–Crippen LogP) is 0.134. The van der Waals surface area contributed by atoms with Gasteiger partial charge < -0.3 is 15.4 Å². The molecule has 1 aromatic rings. The van der Waals surface area contributed by atoms with Crippen LogP contribution < -0.4 is 10.9 Å². The van der Waals surface area contributed by atoms with Crippen molar-refractivity contribution in [3.63, 3.8) is 0 Å². The summed E-state index contributed by atoms with van der Waals surface area (Å²) >= 11 is 0. The maximum absolute atomic E-state index is 11.6. The fourth-order valence-electron chi connectivity index (χ4n) is 1.22. The van der Waals surface area contributed by atoms with Gasteiger partial charge in [-0.15, -0.1) is 6.58 Å². The van der Waals surface area contributed by atoms with Gasteiger partial charge in [-0.05, 0) is 12.5 Å². The zero-order valence-corrected chi connectivity index (χ0v) is 8.97. The first-order chi connectivity index (χ1) is 8.04. The molecule has 0 bridgehead atoms. The van der Waals surface area contributed by atoms with Crippen LogP contribution in [0.15, 0.2) is 35.8 Å². The molecule has 1 amide bonds. The second-order valence-corrected chi connectivity index (χ2v) is 3.33. The van der Waals surface area contributed by atoms with Gasteiger partial charge in [0.1, 0.15) is 6.04 Å². The molecule has 0 aliphatic rings. The van der Waals surface area contributed by atoms with E-state index in [1.807, 2.05) is 0 Å². The van der Waals surface area contributed by atoms with E-state index in [1.54, 1.807) is 0 Å². The van der Waals surface area contributed by atoms with Crippen LogP contribution >= 0.6 is 0 Å². The minimum atomic E-state index is -1.15. The van der Waals surface area contributed by atoms with E-state index in [9.17, 15) is 14.4 Å². The number of H-pyrrole nitrogens is 1. The van der Waals surface area contributed by atoms with Gasteiger partial charge in [0, 0.05) is 17.8 Å². The highest BCUT2D eigenvalue weighted by Gasteiger charge is 2.19. The van der Waals surface area contributed by atoms with Crippen LogP contribution in [0.25, 0.3) is 0 Å². The second kappa shape index (κ2) is 5.64. The number of aliphatic carboxylic acids is 1. The molecule has 0 saturated carbocycles. The highest BCUT2D eigenvalue weighted by atomic mass is 16.4. The van der Waals surface area contributed by atoms with Crippen molar-refractivity contribution >= 4 is 11.9 Å². The van der Waals surface area contributed by atoms with Gasteiger partial charge in [-0.3, -0.25) is 9.59 Å². The van der Waals surface area contributed by atoms with Crippen molar-refractivity contribution in [3.8, 4) is 0 Å². The van der Waals surface area contributed by atoms with Gasteiger partial charge in [0.25, 0.3) is 5.91 Å². The van der Waals surface area contributed by atoms with E-state index in [1.165, 1.54) is 18.3 Å². The van der Waals surface area contributed by atoms with Crippen molar-refractivity contribution in [2.24, 2.45) is 0 Å². The summed E-state index contributed by atoms with van der Waals surface area (Å²) in [6.45, 7) is 3.41. The molecule has 1 atom stereocenters. The van der Waals surface area contributed by atoms with Crippen molar-refractivity contribution in [2.75, 3.05) is 0 Å². The Morgan fingerprint density at radius 1 is 1.59 bits per heavy atom. The van der Waals surface area contributed by atoms with Crippen molar-refractivity contribution in [2.45, 2.75) is 12.5 Å². The summed E-state index contributed by atoms with van der Waals surface area (Å²) in [6, 6.07) is 1.45. The maximum Gasteiger partial charge on any atom is 0.326 e. The Morgan fingerprint density at radius 2 is 2.29 bits per heavy atom. The third kappa shape index (κ3) is 3.60. The predicted molar refractivity (Wildman–Crippen MR) is 60.8 cm³/mol. The number of nitrogens with one attached hydrogen (secondary N) is 2. The number of carbonyl (C=O) groups excluding carboxylic acids is 1. The number of rotatable bonds is 5. The molecule has 0 fully saturated rings. The Labute approximate surface area is 97.0 Å². The standard InChI is InChI=1S/C11H12N2O4/c1-2-3-8(11(16)17)13-10(15)7-4-5-12-9(14)6-7/h2,4-6,8H,1,3H2,(H,12,14)(H,13,15)(H,16,17). The van der Waals surface area contributed by atoms with Crippen LogP contribution in [0.5, 0.6) is 0 Å². The molecule has 0 aliphatic carbocycles. The number of aromatic amines is 1. The molecule has 90 valence electrons. The SMILES string of the molecule is C=CCC(NC(=O)c1cc[nH]c(=O)c1)C(=O)O. The molecule has 0 spiro atoms. The third-order valence-electron chi connectivity index (χ3n) is 2.04. The van der Waals surface area contributed by atoms with Crippen LogP contribution in [-0.4, -0.2) is 28.0 Å². The molecular weight excluding hydrogens is 224 g/mol. The zero-order valence-electron chi connectivity index (χ0n) is 8.97. The third-order valence-corrected chi connectivity index (χ3v) is 2.04. The molecule has 3 N–H and O–H groups in total. The maximum atomic E-state index is 11.6. The first-order valence-corrected chi connectivity index (χ1v) is 4.88. The summed E-state index contributed by atoms with van der Waals surface area (Å²) in [7, 11) is 0. The van der Waals surface area contributed by atoms with E-state index in [2.05, 4.69) is 16.9 Å². The molecule has 6 heteroatoms. The van der Waals surface area contributed by atoms with Crippen LogP contribution in [0.4, 0.5) is 0 Å². The quantitative estimate of drug-likeness (QED) is 0.633. The van der Waals surface area contributed by atoms with Gasteiger partial charge in [0.15, 0.2) is 0 Å². The Morgan fingerprint density at radius 3 is 2.82 bits per heavy atom. The highest BCUT2D eigenvalue weighted by Crippen LogP contribution is 1.98. The Kier molecular flexibility index (Phi) is 4.21. The van der Waals surface area contributed by atoms with Gasteiger partial charge in [-0.2, -0.15) is 0 Å². The number of carboxylic acid groups (broad SMARTS) is 1. The van der Waals surface area contributed by atoms with Crippen molar-refractivity contribution < 1.29 is 14.7 Å². The number of aromatic nitrogens is 1. The van der Waals surface area contributed by atoms with Crippen LogP contribution in [0.3, 0.4) is 0 Å². The van der Waals surface area contributed by atoms with Crippen LogP contribution in [0, 0.1) is 0 Å². The van der Waals surface area contributed by atoms with Gasteiger partial charge in [0.2, 0.25) is 5.56 Å². The highest BCUT2D eigenvalue weighted by molar-refractivity contribution is 5.96. The Balaban J connectivity index is 2.80. The first kappa shape index (κ1) is 12.7. The van der Waals surface area contributed by atoms with E-state index >= 15 is 0 Å². The molecule has 1 rings (SSSR count). The number of amides is 1. The zero-order chi connectivity index (χ0) is 12.8. The summed E-state index contributed by atoms with van der Waals surface area (Å²) in [5.74, 6) is -1.76. The lowest BCUT2D eigenvalue weighted by Crippen LogP contribution is -2.40. The number of pyridine rings is 1. The largest absolute Gasteiger partial charge is 0.480 e. The summed E-state index contributed by atoms with van der Waals surface area (Å²) in [5.41, 5.74) is -0.308. The average Bonchev–Trinajstić information content (AvgIpc) is 2.28. The molecule has 0 aliphatic heterocycles. The van der Waals surface area contributed by atoms with E-state index in [4.69, 9.17) is 5.11 Å². The lowest BCUT2D eigenvalue weighted by Gasteiger charge is -2.12. The van der Waals surface area contributed by atoms with Crippen LogP contribution in [0.1, 0.15) is 16.8 Å². The van der Waals surface area contributed by atoms with Crippen molar-refractivity contribution in [3.05, 3.63) is 46.9 Å².